The molecule has 2 aromatic rings. The molecule has 0 unspecified atom stereocenters. The van der Waals surface area contributed by atoms with E-state index in [2.05, 4.69) is 34.5 Å². The van der Waals surface area contributed by atoms with Gasteiger partial charge in [-0.1, -0.05) is 0 Å². The standard InChI is InChI=1S/C11H15N3OS2/c1-7(2)13-11-14-8(6-16-11)9-4-12-10(17-9)5-15-3/h4,6-7H,5H2,1-3H3,(H,13,14). The topological polar surface area (TPSA) is 47.0 Å². The van der Waals surface area contributed by atoms with Crippen molar-refractivity contribution in [1.82, 2.24) is 9.97 Å². The number of thiazole rings is 2. The van der Waals surface area contributed by atoms with E-state index in [9.17, 15) is 0 Å². The Morgan fingerprint density at radius 1 is 1.47 bits per heavy atom. The number of ether oxygens (including phenoxy) is 1. The number of aromatic nitrogens is 2. The fourth-order valence-corrected chi connectivity index (χ4v) is 3.10. The second-order valence-electron chi connectivity index (χ2n) is 3.89. The summed E-state index contributed by atoms with van der Waals surface area (Å²) in [7, 11) is 1.68. The first-order chi connectivity index (χ1) is 8.19. The smallest absolute Gasteiger partial charge is 0.183 e. The number of hydrogen-bond donors (Lipinski definition) is 1. The molecular formula is C11H15N3OS2. The summed E-state index contributed by atoms with van der Waals surface area (Å²) < 4.78 is 5.05. The van der Waals surface area contributed by atoms with Crippen LogP contribution in [-0.2, 0) is 11.3 Å². The molecule has 0 aliphatic heterocycles. The lowest BCUT2D eigenvalue weighted by atomic mass is 10.4. The highest BCUT2D eigenvalue weighted by atomic mass is 32.1. The zero-order valence-electron chi connectivity index (χ0n) is 10.1. The molecule has 0 aliphatic carbocycles. The zero-order chi connectivity index (χ0) is 12.3. The predicted molar refractivity (Wildman–Crippen MR) is 72.7 cm³/mol. The van der Waals surface area contributed by atoms with Gasteiger partial charge in [-0.05, 0) is 13.8 Å². The Bertz CT molecular complexity index is 479. The van der Waals surface area contributed by atoms with Crippen LogP contribution in [0.1, 0.15) is 18.9 Å². The van der Waals surface area contributed by atoms with Gasteiger partial charge >= 0.3 is 0 Å². The third-order valence-corrected chi connectivity index (χ3v) is 3.76. The molecule has 0 fully saturated rings. The second kappa shape index (κ2) is 5.57. The molecule has 0 aromatic carbocycles. The maximum absolute atomic E-state index is 5.05. The van der Waals surface area contributed by atoms with Crippen molar-refractivity contribution in [2.45, 2.75) is 26.5 Å². The summed E-state index contributed by atoms with van der Waals surface area (Å²) in [6.07, 6.45) is 1.85. The van der Waals surface area contributed by atoms with Crippen molar-refractivity contribution in [3.63, 3.8) is 0 Å². The summed E-state index contributed by atoms with van der Waals surface area (Å²) in [6, 6.07) is 0.402. The predicted octanol–water partition coefficient (Wildman–Crippen LogP) is 3.23. The Morgan fingerprint density at radius 3 is 3.00 bits per heavy atom. The summed E-state index contributed by atoms with van der Waals surface area (Å²) in [5.74, 6) is 0. The normalized spacial score (nSPS) is 11.1. The first-order valence-corrected chi connectivity index (χ1v) is 7.04. The van der Waals surface area contributed by atoms with E-state index < -0.39 is 0 Å². The van der Waals surface area contributed by atoms with Crippen LogP contribution in [0.25, 0.3) is 10.6 Å². The molecular weight excluding hydrogens is 254 g/mol. The Kier molecular flexibility index (Phi) is 4.09. The van der Waals surface area contributed by atoms with Crippen LogP contribution in [0.3, 0.4) is 0 Å². The molecule has 0 aliphatic rings. The highest BCUT2D eigenvalue weighted by Crippen LogP contribution is 2.29. The molecule has 0 bridgehead atoms. The number of nitrogens with zero attached hydrogens (tertiary/aromatic N) is 2. The minimum absolute atomic E-state index is 0.402. The number of anilines is 1. The van der Waals surface area contributed by atoms with Crippen LogP contribution >= 0.6 is 22.7 Å². The minimum Gasteiger partial charge on any atom is -0.378 e. The average Bonchev–Trinajstić information content (AvgIpc) is 2.86. The van der Waals surface area contributed by atoms with Crippen LogP contribution in [0.2, 0.25) is 0 Å². The van der Waals surface area contributed by atoms with Crippen molar-refractivity contribution >= 4 is 27.8 Å². The van der Waals surface area contributed by atoms with Gasteiger partial charge in [0.1, 0.15) is 5.01 Å². The summed E-state index contributed by atoms with van der Waals surface area (Å²) in [4.78, 5) is 9.91. The van der Waals surface area contributed by atoms with Gasteiger partial charge in [0, 0.05) is 24.7 Å². The molecule has 92 valence electrons. The van der Waals surface area contributed by atoms with Crippen LogP contribution in [0.5, 0.6) is 0 Å². The van der Waals surface area contributed by atoms with E-state index in [1.54, 1.807) is 29.8 Å². The van der Waals surface area contributed by atoms with E-state index in [1.165, 1.54) is 0 Å². The molecule has 17 heavy (non-hydrogen) atoms. The van der Waals surface area contributed by atoms with Gasteiger partial charge in [-0.3, -0.25) is 0 Å². The van der Waals surface area contributed by atoms with Crippen LogP contribution in [0.4, 0.5) is 5.13 Å². The van der Waals surface area contributed by atoms with Crippen LogP contribution < -0.4 is 5.32 Å². The molecule has 0 saturated carbocycles. The molecule has 0 saturated heterocycles. The van der Waals surface area contributed by atoms with E-state index >= 15 is 0 Å². The van der Waals surface area contributed by atoms with Gasteiger partial charge in [0.25, 0.3) is 0 Å². The summed E-state index contributed by atoms with van der Waals surface area (Å²) >= 11 is 3.24. The molecule has 6 heteroatoms. The lowest BCUT2D eigenvalue weighted by Crippen LogP contribution is -2.08. The third kappa shape index (κ3) is 3.24. The molecule has 4 nitrogen and oxygen atoms in total. The van der Waals surface area contributed by atoms with Crippen LogP contribution in [-0.4, -0.2) is 23.1 Å². The van der Waals surface area contributed by atoms with Gasteiger partial charge in [-0.2, -0.15) is 0 Å². The molecule has 2 heterocycles. The first-order valence-electron chi connectivity index (χ1n) is 5.35. The van der Waals surface area contributed by atoms with Crippen molar-refractivity contribution in [1.29, 1.82) is 0 Å². The highest BCUT2D eigenvalue weighted by Gasteiger charge is 2.09. The van der Waals surface area contributed by atoms with Crippen molar-refractivity contribution in [3.05, 3.63) is 16.6 Å². The highest BCUT2D eigenvalue weighted by molar-refractivity contribution is 7.16. The monoisotopic (exact) mass is 269 g/mol. The van der Waals surface area contributed by atoms with E-state index in [1.807, 2.05) is 6.20 Å². The van der Waals surface area contributed by atoms with Gasteiger partial charge in [0.05, 0.1) is 17.2 Å². The van der Waals surface area contributed by atoms with Gasteiger partial charge in [0.2, 0.25) is 0 Å². The summed E-state index contributed by atoms with van der Waals surface area (Å²) in [5.41, 5.74) is 0.984. The Hall–Kier alpha value is -0.980. The lowest BCUT2D eigenvalue weighted by molar-refractivity contribution is 0.184. The maximum atomic E-state index is 5.05. The van der Waals surface area contributed by atoms with E-state index in [0.29, 0.717) is 12.6 Å². The molecule has 1 N–H and O–H groups in total. The van der Waals surface area contributed by atoms with Crippen LogP contribution in [0.15, 0.2) is 11.6 Å². The van der Waals surface area contributed by atoms with E-state index in [4.69, 9.17) is 4.74 Å². The largest absolute Gasteiger partial charge is 0.378 e. The van der Waals surface area contributed by atoms with Gasteiger partial charge < -0.3 is 10.1 Å². The van der Waals surface area contributed by atoms with E-state index in [0.717, 1.165) is 20.7 Å². The maximum Gasteiger partial charge on any atom is 0.183 e. The summed E-state index contributed by atoms with van der Waals surface area (Å²) in [5, 5.41) is 7.28. The van der Waals surface area contributed by atoms with E-state index in [-0.39, 0.29) is 0 Å². The Balaban J connectivity index is 2.12. The van der Waals surface area contributed by atoms with Crippen molar-refractivity contribution in [2.75, 3.05) is 12.4 Å². The molecule has 0 atom stereocenters. The Morgan fingerprint density at radius 2 is 2.29 bits per heavy atom. The minimum atomic E-state index is 0.402. The SMILES string of the molecule is COCc1ncc(-c2csc(NC(C)C)n2)s1. The van der Waals surface area contributed by atoms with Gasteiger partial charge in [-0.15, -0.1) is 22.7 Å². The molecule has 2 rings (SSSR count). The fourth-order valence-electron chi connectivity index (χ4n) is 1.32. The summed E-state index contributed by atoms with van der Waals surface area (Å²) in [6.45, 7) is 4.76. The third-order valence-electron chi connectivity index (χ3n) is 1.99. The molecule has 0 radical (unpaired) electrons. The average molecular weight is 269 g/mol. The zero-order valence-corrected chi connectivity index (χ0v) is 11.7. The van der Waals surface area contributed by atoms with Gasteiger partial charge in [0.15, 0.2) is 5.13 Å². The quantitative estimate of drug-likeness (QED) is 0.905. The molecule has 0 spiro atoms. The lowest BCUT2D eigenvalue weighted by Gasteiger charge is -2.04. The van der Waals surface area contributed by atoms with Crippen LogP contribution in [0, 0.1) is 0 Å². The number of nitrogens with one attached hydrogen (secondary N) is 1. The van der Waals surface area contributed by atoms with Crippen molar-refractivity contribution in [3.8, 4) is 10.6 Å². The second-order valence-corrected chi connectivity index (χ2v) is 5.86. The fraction of sp³-hybridized carbons (Fsp3) is 0.455. The molecule has 0 amide bonds. The first kappa shape index (κ1) is 12.5. The van der Waals surface area contributed by atoms with Crippen molar-refractivity contribution in [2.24, 2.45) is 0 Å². The number of methoxy groups -OCH3 is 1. The number of hydrogen-bond acceptors (Lipinski definition) is 6. The van der Waals surface area contributed by atoms with Gasteiger partial charge in [-0.25, -0.2) is 9.97 Å². The number of rotatable bonds is 5. The molecule has 2 aromatic heterocycles. The Labute approximate surface area is 109 Å². The van der Waals surface area contributed by atoms with Crippen molar-refractivity contribution < 1.29 is 4.74 Å².